The zero-order valence-corrected chi connectivity index (χ0v) is 25.2. The van der Waals surface area contributed by atoms with Crippen LogP contribution < -0.4 is 37.7 Å². The van der Waals surface area contributed by atoms with Crippen molar-refractivity contribution in [2.75, 3.05) is 4.90 Å². The Labute approximate surface area is 259 Å². The van der Waals surface area contributed by atoms with Crippen molar-refractivity contribution in [3.8, 4) is 0 Å². The third-order valence-electron chi connectivity index (χ3n) is 9.79. The molecule has 2 aliphatic rings. The van der Waals surface area contributed by atoms with Gasteiger partial charge in [-0.2, -0.15) is 0 Å². The fourth-order valence-electron chi connectivity index (χ4n) is 7.78. The molecule has 0 fully saturated rings. The number of hydrogen-bond acceptors (Lipinski definition) is 2. The largest absolute Gasteiger partial charge is 0.457 e. The van der Waals surface area contributed by atoms with E-state index in [4.69, 9.17) is 4.42 Å². The fraction of sp³-hybridized carbons (Fsp3) is 0.100. The van der Waals surface area contributed by atoms with Crippen molar-refractivity contribution in [2.45, 2.75) is 26.2 Å². The summed E-state index contributed by atoms with van der Waals surface area (Å²) in [5.74, 6) is 0. The average Bonchev–Trinajstić information content (AvgIpc) is 3.44. The summed E-state index contributed by atoms with van der Waals surface area (Å²) in [6, 6.07) is 49.1. The van der Waals surface area contributed by atoms with Crippen LogP contribution in [0.15, 0.2) is 138 Å². The van der Waals surface area contributed by atoms with Crippen molar-refractivity contribution < 1.29 is 4.42 Å². The Kier molecular flexibility index (Phi) is 5.38. The van der Waals surface area contributed by atoms with Crippen molar-refractivity contribution >= 4 is 85.2 Å². The second kappa shape index (κ2) is 9.27. The summed E-state index contributed by atoms with van der Waals surface area (Å²) in [6.07, 6.45) is 0. The van der Waals surface area contributed by atoms with Gasteiger partial charge in [0, 0.05) is 27.8 Å². The predicted octanol–water partition coefficient (Wildman–Crippen LogP) is 6.01. The Balaban J connectivity index is 1.39. The topological polar surface area (TPSA) is 16.4 Å². The molecular weight excluding hydrogens is 532 g/mol. The summed E-state index contributed by atoms with van der Waals surface area (Å²) < 4.78 is 6.80. The van der Waals surface area contributed by atoms with Gasteiger partial charge in [-0.15, -0.1) is 0 Å². The number of rotatable bonds is 2. The highest BCUT2D eigenvalue weighted by Crippen LogP contribution is 2.36. The quantitative estimate of drug-likeness (QED) is 0.240. The second-order valence-corrected chi connectivity index (χ2v) is 13.3. The van der Waals surface area contributed by atoms with Gasteiger partial charge in [-0.1, -0.05) is 140 Å². The van der Waals surface area contributed by atoms with Gasteiger partial charge >= 0.3 is 0 Å². The molecule has 4 heteroatoms. The fourth-order valence-corrected chi connectivity index (χ4v) is 7.78. The molecule has 0 N–H and O–H groups in total. The van der Waals surface area contributed by atoms with Crippen molar-refractivity contribution in [3.63, 3.8) is 0 Å². The number of hydrogen-bond donors (Lipinski definition) is 0. The molecule has 3 heterocycles. The highest BCUT2D eigenvalue weighted by Gasteiger charge is 2.46. The van der Waals surface area contributed by atoms with Crippen LogP contribution in [0.3, 0.4) is 0 Å². The first-order valence-corrected chi connectivity index (χ1v) is 15.6. The van der Waals surface area contributed by atoms with Gasteiger partial charge in [-0.25, -0.2) is 0 Å². The zero-order chi connectivity index (χ0) is 29.6. The van der Waals surface area contributed by atoms with E-state index in [0.29, 0.717) is 0 Å². The van der Waals surface area contributed by atoms with Crippen LogP contribution in [0, 0.1) is 0 Å². The second-order valence-electron chi connectivity index (χ2n) is 13.3. The van der Waals surface area contributed by atoms with E-state index in [2.05, 4.69) is 159 Å². The first kappa shape index (κ1) is 25.5. The Morgan fingerprint density at radius 1 is 0.523 bits per heavy atom. The van der Waals surface area contributed by atoms with Crippen LogP contribution in [0.1, 0.15) is 26.3 Å². The van der Waals surface area contributed by atoms with E-state index in [0.717, 1.165) is 11.2 Å². The lowest BCUT2D eigenvalue weighted by atomic mass is 9.20. The maximum Gasteiger partial charge on any atom is 0.245 e. The number of furan rings is 1. The Morgan fingerprint density at radius 3 is 2.02 bits per heavy atom. The van der Waals surface area contributed by atoms with E-state index in [1.54, 1.807) is 0 Å². The molecule has 2 nitrogen and oxygen atoms in total. The lowest BCUT2D eigenvalue weighted by molar-refractivity contribution is 0.590. The third kappa shape index (κ3) is 3.58. The molecule has 7 aromatic rings. The minimum Gasteiger partial charge on any atom is -0.457 e. The SMILES string of the molecule is CC(C)(C)c1ccc(B2c3cccc4c3B(c3ccccc3N4c3ccccc3)c3ccc4c(oc5ccccc54)c32)cc1. The molecule has 208 valence electrons. The lowest BCUT2D eigenvalue weighted by Crippen LogP contribution is -2.76. The summed E-state index contributed by atoms with van der Waals surface area (Å²) >= 11 is 0. The van der Waals surface area contributed by atoms with E-state index in [9.17, 15) is 0 Å². The zero-order valence-electron chi connectivity index (χ0n) is 25.2. The summed E-state index contributed by atoms with van der Waals surface area (Å²) in [5.41, 5.74) is 15.0. The number of benzene rings is 6. The third-order valence-corrected chi connectivity index (χ3v) is 9.79. The van der Waals surface area contributed by atoms with E-state index in [-0.39, 0.29) is 18.8 Å². The molecule has 0 radical (unpaired) electrons. The van der Waals surface area contributed by atoms with E-state index in [1.165, 1.54) is 66.2 Å². The lowest BCUT2D eigenvalue weighted by Gasteiger charge is -2.42. The number of fused-ring (bicyclic) bond motifs is 8. The van der Waals surface area contributed by atoms with Gasteiger partial charge in [0.25, 0.3) is 0 Å². The molecule has 0 unspecified atom stereocenters. The van der Waals surface area contributed by atoms with Crippen molar-refractivity contribution in [1.82, 2.24) is 0 Å². The molecular formula is C40H31B2NO. The molecule has 0 saturated heterocycles. The Morgan fingerprint density at radius 2 is 1.20 bits per heavy atom. The maximum absolute atomic E-state index is 6.80. The van der Waals surface area contributed by atoms with Gasteiger partial charge in [0.05, 0.1) is 0 Å². The highest BCUT2D eigenvalue weighted by molar-refractivity contribution is 7.13. The smallest absolute Gasteiger partial charge is 0.245 e. The maximum atomic E-state index is 6.80. The van der Waals surface area contributed by atoms with Crippen LogP contribution in [0.2, 0.25) is 0 Å². The highest BCUT2D eigenvalue weighted by atomic mass is 16.3. The molecule has 44 heavy (non-hydrogen) atoms. The summed E-state index contributed by atoms with van der Waals surface area (Å²) in [7, 11) is 0. The van der Waals surface area contributed by atoms with E-state index < -0.39 is 0 Å². The number of para-hydroxylation sites is 3. The minimum atomic E-state index is 0.0392. The van der Waals surface area contributed by atoms with Gasteiger partial charge in [0.15, 0.2) is 0 Å². The van der Waals surface area contributed by atoms with Crippen LogP contribution in [0.5, 0.6) is 0 Å². The molecule has 0 atom stereocenters. The summed E-state index contributed by atoms with van der Waals surface area (Å²) in [5, 5.41) is 2.36. The van der Waals surface area contributed by atoms with Crippen molar-refractivity contribution in [1.29, 1.82) is 0 Å². The van der Waals surface area contributed by atoms with Gasteiger partial charge in [0.1, 0.15) is 11.2 Å². The molecule has 0 amide bonds. The van der Waals surface area contributed by atoms with Crippen LogP contribution in [-0.4, -0.2) is 13.4 Å². The van der Waals surface area contributed by atoms with E-state index >= 15 is 0 Å². The molecule has 2 aliphatic heterocycles. The van der Waals surface area contributed by atoms with Crippen LogP contribution >= 0.6 is 0 Å². The molecule has 6 aromatic carbocycles. The van der Waals surface area contributed by atoms with Crippen LogP contribution in [0.4, 0.5) is 17.1 Å². The first-order chi connectivity index (χ1) is 21.5. The standard InChI is InChI=1S/C40H31B2NO/c1-40(2,3)26-20-22-27(23-21-26)41-32-16-11-18-35-37(32)42(31-15-8-9-17-34(31)43(35)28-12-5-4-6-13-28)33-25-24-30-29-14-7-10-19-36(29)44-39(30)38(33)41/h4-25H,1-3H3. The molecule has 0 spiro atoms. The predicted molar refractivity (Wildman–Crippen MR) is 189 cm³/mol. The Bertz CT molecular complexity index is 2230. The minimum absolute atomic E-state index is 0.0392. The average molecular weight is 563 g/mol. The summed E-state index contributed by atoms with van der Waals surface area (Å²) in [6.45, 7) is 6.99. The van der Waals surface area contributed by atoms with E-state index in [1.807, 2.05) is 0 Å². The van der Waals surface area contributed by atoms with Crippen LogP contribution in [0.25, 0.3) is 21.9 Å². The number of anilines is 3. The van der Waals surface area contributed by atoms with Gasteiger partial charge in [-0.3, -0.25) is 0 Å². The molecule has 0 bridgehead atoms. The van der Waals surface area contributed by atoms with Gasteiger partial charge in [-0.05, 0) is 57.7 Å². The normalized spacial score (nSPS) is 13.7. The monoisotopic (exact) mass is 563 g/mol. The molecule has 0 saturated carbocycles. The molecule has 9 rings (SSSR count). The van der Waals surface area contributed by atoms with Crippen molar-refractivity contribution in [3.05, 3.63) is 139 Å². The van der Waals surface area contributed by atoms with Crippen LogP contribution in [-0.2, 0) is 5.41 Å². The summed E-state index contributed by atoms with van der Waals surface area (Å²) in [4.78, 5) is 2.45. The van der Waals surface area contributed by atoms with Gasteiger partial charge < -0.3 is 9.32 Å². The number of nitrogens with zero attached hydrogens (tertiary/aromatic N) is 1. The Hall–Kier alpha value is -4.95. The molecule has 1 aromatic heterocycles. The van der Waals surface area contributed by atoms with Crippen molar-refractivity contribution in [2.24, 2.45) is 0 Å². The first-order valence-electron chi connectivity index (χ1n) is 15.6. The molecule has 0 aliphatic carbocycles. The van der Waals surface area contributed by atoms with Gasteiger partial charge in [0.2, 0.25) is 13.4 Å².